The topological polar surface area (TPSA) is 68.2 Å². The lowest BCUT2D eigenvalue weighted by Gasteiger charge is -2.19. The fourth-order valence-electron chi connectivity index (χ4n) is 2.43. The summed E-state index contributed by atoms with van der Waals surface area (Å²) in [5, 5.41) is 9.42. The number of ether oxygens (including phenoxy) is 1. The maximum Gasteiger partial charge on any atom is 0.280 e. The van der Waals surface area contributed by atoms with E-state index >= 15 is 0 Å². The molecule has 2 N–H and O–H groups in total. The molecule has 1 amide bonds. The van der Waals surface area contributed by atoms with Crippen LogP contribution >= 0.6 is 0 Å². The van der Waals surface area contributed by atoms with E-state index in [1.54, 1.807) is 19.2 Å². The first kappa shape index (κ1) is 16.7. The summed E-state index contributed by atoms with van der Waals surface area (Å²) in [7, 11) is 1.57. The van der Waals surface area contributed by atoms with Gasteiger partial charge in [-0.1, -0.05) is 18.7 Å². The maximum absolute atomic E-state index is 13.1. The van der Waals surface area contributed by atoms with Crippen molar-refractivity contribution in [3.8, 4) is 5.75 Å². The molecule has 0 bridgehead atoms. The summed E-state index contributed by atoms with van der Waals surface area (Å²) in [5.41, 5.74) is 0.988. The number of anilines is 1. The summed E-state index contributed by atoms with van der Waals surface area (Å²) in [5.74, 6) is 0.470. The van der Waals surface area contributed by atoms with Gasteiger partial charge in [-0.25, -0.2) is 13.5 Å². The van der Waals surface area contributed by atoms with Crippen molar-refractivity contribution in [3.63, 3.8) is 0 Å². The number of nitrogens with zero attached hydrogens (tertiary/aromatic N) is 2. The van der Waals surface area contributed by atoms with Gasteiger partial charge in [-0.3, -0.25) is 4.79 Å². The van der Waals surface area contributed by atoms with E-state index in [1.807, 2.05) is 12.1 Å². The van der Waals surface area contributed by atoms with E-state index in [4.69, 9.17) is 4.74 Å². The number of fused-ring (bicyclic) bond motifs is 1. The van der Waals surface area contributed by atoms with Crippen molar-refractivity contribution >= 4 is 17.4 Å². The van der Waals surface area contributed by atoms with Gasteiger partial charge in [0.15, 0.2) is 0 Å². The van der Waals surface area contributed by atoms with Gasteiger partial charge in [-0.2, -0.15) is 5.10 Å². The first-order valence-corrected chi connectivity index (χ1v) is 7.45. The molecule has 1 aliphatic heterocycles. The number of methoxy groups -OCH3 is 1. The SMILES string of the molecule is C=C1C=C(C(F)F)n2ncc(C(=O)NCc3ccc(OC)cc3)c2N1. The molecule has 0 aliphatic carbocycles. The second kappa shape index (κ2) is 6.76. The van der Waals surface area contributed by atoms with Crippen LogP contribution in [-0.4, -0.2) is 29.2 Å². The van der Waals surface area contributed by atoms with Gasteiger partial charge >= 0.3 is 0 Å². The molecule has 0 fully saturated rings. The Kier molecular flexibility index (Phi) is 4.51. The summed E-state index contributed by atoms with van der Waals surface area (Å²) in [6, 6.07) is 7.22. The summed E-state index contributed by atoms with van der Waals surface area (Å²) in [4.78, 5) is 12.4. The minimum absolute atomic E-state index is 0.168. The lowest BCUT2D eigenvalue weighted by molar-refractivity contribution is 0.0951. The van der Waals surface area contributed by atoms with Crippen molar-refractivity contribution in [1.29, 1.82) is 0 Å². The number of hydrogen-bond donors (Lipinski definition) is 2. The van der Waals surface area contributed by atoms with Crippen molar-refractivity contribution < 1.29 is 18.3 Å². The van der Waals surface area contributed by atoms with Gasteiger partial charge in [0.25, 0.3) is 12.3 Å². The van der Waals surface area contributed by atoms with Gasteiger partial charge in [-0.05, 0) is 23.8 Å². The van der Waals surface area contributed by atoms with Gasteiger partial charge in [0.2, 0.25) is 0 Å². The highest BCUT2D eigenvalue weighted by atomic mass is 19.3. The number of amides is 1. The molecule has 0 spiro atoms. The molecule has 1 aromatic carbocycles. The Morgan fingerprint density at radius 1 is 1.40 bits per heavy atom. The van der Waals surface area contributed by atoms with Crippen molar-refractivity contribution in [1.82, 2.24) is 15.1 Å². The van der Waals surface area contributed by atoms with Crippen LogP contribution in [0.25, 0.3) is 5.70 Å². The lowest BCUT2D eigenvalue weighted by Crippen LogP contribution is -2.25. The normalized spacial score (nSPS) is 13.1. The van der Waals surface area contributed by atoms with Gasteiger partial charge in [0.05, 0.1) is 13.3 Å². The number of carbonyl (C=O) groups excluding carboxylic acids is 1. The van der Waals surface area contributed by atoms with Crippen molar-refractivity contribution in [2.24, 2.45) is 0 Å². The summed E-state index contributed by atoms with van der Waals surface area (Å²) in [6.07, 6.45) is -0.280. The Balaban J connectivity index is 1.75. The van der Waals surface area contributed by atoms with Crippen LogP contribution in [0.2, 0.25) is 0 Å². The molecule has 0 radical (unpaired) electrons. The Bertz CT molecular complexity index is 841. The van der Waals surface area contributed by atoms with Crippen LogP contribution in [0.1, 0.15) is 15.9 Å². The first-order valence-electron chi connectivity index (χ1n) is 7.45. The zero-order valence-electron chi connectivity index (χ0n) is 13.4. The molecule has 2 heterocycles. The van der Waals surface area contributed by atoms with Crippen molar-refractivity contribution in [2.45, 2.75) is 13.0 Å². The van der Waals surface area contributed by atoms with Crippen LogP contribution in [0.5, 0.6) is 5.75 Å². The zero-order valence-corrected chi connectivity index (χ0v) is 13.4. The van der Waals surface area contributed by atoms with E-state index in [1.165, 1.54) is 12.3 Å². The third-order valence-electron chi connectivity index (χ3n) is 3.70. The Labute approximate surface area is 142 Å². The number of aromatic nitrogens is 2. The second-order valence-corrected chi connectivity index (χ2v) is 5.37. The number of halogens is 2. The Morgan fingerprint density at radius 2 is 2.12 bits per heavy atom. The number of rotatable bonds is 5. The molecule has 0 saturated carbocycles. The molecule has 0 atom stereocenters. The smallest absolute Gasteiger partial charge is 0.280 e. The molecule has 8 heteroatoms. The number of carbonyl (C=O) groups is 1. The molecule has 1 aliphatic rings. The molecule has 0 saturated heterocycles. The van der Waals surface area contributed by atoms with E-state index < -0.39 is 12.3 Å². The molecular formula is C17H16F2N4O2. The highest BCUT2D eigenvalue weighted by Gasteiger charge is 2.26. The van der Waals surface area contributed by atoms with Crippen LogP contribution in [0.4, 0.5) is 14.6 Å². The first-order chi connectivity index (χ1) is 12.0. The van der Waals surface area contributed by atoms with E-state index in [-0.39, 0.29) is 29.3 Å². The van der Waals surface area contributed by atoms with Crippen LogP contribution in [-0.2, 0) is 6.54 Å². The number of allylic oxidation sites excluding steroid dienone is 2. The molecule has 2 aromatic rings. The van der Waals surface area contributed by atoms with Gasteiger partial charge in [-0.15, -0.1) is 0 Å². The zero-order chi connectivity index (χ0) is 18.0. The Morgan fingerprint density at radius 3 is 2.76 bits per heavy atom. The highest BCUT2D eigenvalue weighted by Crippen LogP contribution is 2.29. The van der Waals surface area contributed by atoms with Crippen LogP contribution in [0.15, 0.2) is 48.8 Å². The molecule has 0 unspecified atom stereocenters. The van der Waals surface area contributed by atoms with E-state index in [9.17, 15) is 13.6 Å². The van der Waals surface area contributed by atoms with Gasteiger partial charge in [0.1, 0.15) is 22.8 Å². The largest absolute Gasteiger partial charge is 0.497 e. The summed E-state index contributed by atoms with van der Waals surface area (Å²) < 4.78 is 32.3. The summed E-state index contributed by atoms with van der Waals surface area (Å²) >= 11 is 0. The molecule has 1 aromatic heterocycles. The van der Waals surface area contributed by atoms with Crippen LogP contribution < -0.4 is 15.4 Å². The molecule has 25 heavy (non-hydrogen) atoms. The monoisotopic (exact) mass is 346 g/mol. The van der Waals surface area contributed by atoms with Gasteiger partial charge < -0.3 is 15.4 Å². The molecule has 130 valence electrons. The average molecular weight is 346 g/mol. The quantitative estimate of drug-likeness (QED) is 0.874. The van der Waals surface area contributed by atoms with Crippen molar-refractivity contribution in [2.75, 3.05) is 12.4 Å². The minimum atomic E-state index is -2.73. The maximum atomic E-state index is 13.1. The molecule has 3 rings (SSSR count). The fourth-order valence-corrected chi connectivity index (χ4v) is 2.43. The molecular weight excluding hydrogens is 330 g/mol. The predicted molar refractivity (Wildman–Crippen MR) is 89.4 cm³/mol. The number of nitrogens with one attached hydrogen (secondary N) is 2. The van der Waals surface area contributed by atoms with Crippen molar-refractivity contribution in [3.05, 3.63) is 59.9 Å². The fraction of sp³-hybridized carbons (Fsp3) is 0.176. The summed E-state index contributed by atoms with van der Waals surface area (Å²) in [6.45, 7) is 3.91. The lowest BCUT2D eigenvalue weighted by atomic mass is 10.2. The minimum Gasteiger partial charge on any atom is -0.497 e. The van der Waals surface area contributed by atoms with E-state index in [0.717, 1.165) is 16.0 Å². The van der Waals surface area contributed by atoms with E-state index in [0.29, 0.717) is 0 Å². The second-order valence-electron chi connectivity index (χ2n) is 5.37. The van der Waals surface area contributed by atoms with Crippen LogP contribution in [0, 0.1) is 0 Å². The number of benzene rings is 1. The van der Waals surface area contributed by atoms with E-state index in [2.05, 4.69) is 22.3 Å². The third-order valence-corrected chi connectivity index (χ3v) is 3.70. The predicted octanol–water partition coefficient (Wildman–Crippen LogP) is 2.87. The molecule has 6 nitrogen and oxygen atoms in total. The number of hydrogen-bond acceptors (Lipinski definition) is 4. The Hall–Kier alpha value is -3.16. The van der Waals surface area contributed by atoms with Gasteiger partial charge in [0, 0.05) is 12.2 Å². The van der Waals surface area contributed by atoms with Crippen LogP contribution in [0.3, 0.4) is 0 Å². The highest BCUT2D eigenvalue weighted by molar-refractivity contribution is 6.00. The standard InChI is InChI=1S/C17H16F2N4O2/c1-10-7-14(15(18)19)23-16(22-10)13(9-21-23)17(24)20-8-11-3-5-12(25-2)6-4-11/h3-7,9,15,22H,1,8H2,2H3,(H,20,24). The average Bonchev–Trinajstić information content (AvgIpc) is 3.03. The number of alkyl halides is 2. The third kappa shape index (κ3) is 3.37.